The molecule has 0 radical (unpaired) electrons. The Bertz CT molecular complexity index is 609. The van der Waals surface area contributed by atoms with Crippen LogP contribution < -0.4 is 27.4 Å². The number of nitrogens with one attached hydrogen (secondary N) is 3. The van der Waals surface area contributed by atoms with Crippen molar-refractivity contribution in [3.8, 4) is 0 Å². The molecular formula is C17H31N5O7. The number of hydrogen-bond donors (Lipinski definition) is 7. The number of hydrogen-bond acceptors (Lipinski definition) is 7. The van der Waals surface area contributed by atoms with E-state index in [1.54, 1.807) is 0 Å². The highest BCUT2D eigenvalue weighted by molar-refractivity contribution is 5.94. The summed E-state index contributed by atoms with van der Waals surface area (Å²) in [6.45, 7) is 4.31. The number of aliphatic hydroxyl groups excluding tert-OH is 1. The van der Waals surface area contributed by atoms with E-state index in [0.29, 0.717) is 6.42 Å². The van der Waals surface area contributed by atoms with Gasteiger partial charge in [0.2, 0.25) is 23.6 Å². The van der Waals surface area contributed by atoms with Crippen LogP contribution in [0.3, 0.4) is 0 Å². The normalized spacial score (nSPS) is 15.0. The van der Waals surface area contributed by atoms with Gasteiger partial charge in [-0.2, -0.15) is 0 Å². The molecule has 4 unspecified atom stereocenters. The zero-order chi connectivity index (χ0) is 22.7. The van der Waals surface area contributed by atoms with Gasteiger partial charge < -0.3 is 37.6 Å². The third-order valence-corrected chi connectivity index (χ3v) is 3.85. The SMILES string of the molecule is CC(C)CC(N)C(=O)NC(C(=O)NC(CCC(N)=O)C(=O)NCC(=O)O)C(C)O. The number of carbonyl (C=O) groups is 5. The number of aliphatic hydroxyl groups is 1. The van der Waals surface area contributed by atoms with Crippen LogP contribution >= 0.6 is 0 Å². The van der Waals surface area contributed by atoms with E-state index in [2.05, 4.69) is 16.0 Å². The van der Waals surface area contributed by atoms with Crippen molar-refractivity contribution >= 4 is 29.6 Å². The number of carboxylic acid groups (broad SMARTS) is 1. The predicted octanol–water partition coefficient (Wildman–Crippen LogP) is -2.82. The molecule has 0 spiro atoms. The summed E-state index contributed by atoms with van der Waals surface area (Å²) in [5, 5.41) is 25.2. The topological polar surface area (TPSA) is 214 Å². The Hall–Kier alpha value is -2.73. The lowest BCUT2D eigenvalue weighted by molar-refractivity contribution is -0.139. The first-order valence-corrected chi connectivity index (χ1v) is 9.17. The van der Waals surface area contributed by atoms with Crippen molar-refractivity contribution in [3.63, 3.8) is 0 Å². The first-order chi connectivity index (χ1) is 13.3. The van der Waals surface area contributed by atoms with Crippen molar-refractivity contribution in [2.45, 2.75) is 64.3 Å². The van der Waals surface area contributed by atoms with E-state index >= 15 is 0 Å². The van der Waals surface area contributed by atoms with E-state index in [-0.39, 0.29) is 18.8 Å². The summed E-state index contributed by atoms with van der Waals surface area (Å²) < 4.78 is 0. The lowest BCUT2D eigenvalue weighted by Crippen LogP contribution is -2.59. The second kappa shape index (κ2) is 12.7. The van der Waals surface area contributed by atoms with Crippen LogP contribution in [-0.2, 0) is 24.0 Å². The van der Waals surface area contributed by atoms with E-state index in [9.17, 15) is 29.1 Å². The minimum absolute atomic E-state index is 0.130. The number of carboxylic acids is 1. The van der Waals surface area contributed by atoms with E-state index in [1.165, 1.54) is 6.92 Å². The average Bonchev–Trinajstić information content (AvgIpc) is 2.59. The molecule has 29 heavy (non-hydrogen) atoms. The second-order valence-electron chi connectivity index (χ2n) is 7.14. The van der Waals surface area contributed by atoms with Crippen molar-refractivity contribution in [2.75, 3.05) is 6.54 Å². The number of nitrogens with two attached hydrogens (primary N) is 2. The van der Waals surface area contributed by atoms with E-state index in [1.807, 2.05) is 13.8 Å². The molecule has 0 bridgehead atoms. The van der Waals surface area contributed by atoms with Gasteiger partial charge in [-0.1, -0.05) is 13.8 Å². The number of amides is 4. The van der Waals surface area contributed by atoms with Gasteiger partial charge in [0, 0.05) is 6.42 Å². The van der Waals surface area contributed by atoms with E-state index in [4.69, 9.17) is 16.6 Å². The average molecular weight is 417 g/mol. The zero-order valence-corrected chi connectivity index (χ0v) is 16.8. The molecule has 4 atom stereocenters. The minimum Gasteiger partial charge on any atom is -0.480 e. The van der Waals surface area contributed by atoms with Gasteiger partial charge in [-0.05, 0) is 25.7 Å². The molecule has 0 rings (SSSR count). The summed E-state index contributed by atoms with van der Waals surface area (Å²) in [6.07, 6.45) is -1.40. The molecule has 0 aliphatic carbocycles. The number of carbonyl (C=O) groups excluding carboxylic acids is 4. The van der Waals surface area contributed by atoms with Crippen molar-refractivity contribution in [2.24, 2.45) is 17.4 Å². The third kappa shape index (κ3) is 11.0. The molecule has 0 saturated carbocycles. The van der Waals surface area contributed by atoms with Crippen molar-refractivity contribution in [1.29, 1.82) is 0 Å². The summed E-state index contributed by atoms with van der Waals surface area (Å²) in [5.41, 5.74) is 10.8. The van der Waals surface area contributed by atoms with Gasteiger partial charge in [-0.25, -0.2) is 0 Å². The molecular weight excluding hydrogens is 386 g/mol. The molecule has 0 aromatic rings. The van der Waals surface area contributed by atoms with Crippen LogP contribution in [0.2, 0.25) is 0 Å². The molecule has 0 aliphatic rings. The minimum atomic E-state index is -1.41. The highest BCUT2D eigenvalue weighted by Crippen LogP contribution is 2.05. The number of aliphatic carboxylic acids is 1. The van der Waals surface area contributed by atoms with Crippen LogP contribution in [-0.4, -0.2) is 70.6 Å². The second-order valence-corrected chi connectivity index (χ2v) is 7.14. The summed E-state index contributed by atoms with van der Waals surface area (Å²) >= 11 is 0. The molecule has 4 amide bonds. The molecule has 0 aliphatic heterocycles. The third-order valence-electron chi connectivity index (χ3n) is 3.85. The Morgan fingerprint density at radius 2 is 1.55 bits per heavy atom. The standard InChI is InChI=1S/C17H31N5O7/c1-8(2)6-10(18)15(27)22-14(9(3)23)17(29)21-11(4-5-12(19)24)16(28)20-7-13(25)26/h8-11,14,23H,4-7,18H2,1-3H3,(H2,19,24)(H,20,28)(H,21,29)(H,22,27)(H,25,26). The summed E-state index contributed by atoms with van der Waals surface area (Å²) in [5.74, 6) is -4.30. The fourth-order valence-corrected chi connectivity index (χ4v) is 2.38. The fourth-order valence-electron chi connectivity index (χ4n) is 2.38. The first-order valence-electron chi connectivity index (χ1n) is 9.17. The van der Waals surface area contributed by atoms with E-state index in [0.717, 1.165) is 0 Å². The maximum atomic E-state index is 12.5. The number of primary amides is 1. The molecule has 166 valence electrons. The van der Waals surface area contributed by atoms with Crippen LogP contribution in [0.4, 0.5) is 0 Å². The van der Waals surface area contributed by atoms with Gasteiger partial charge in [0.1, 0.15) is 18.6 Å². The maximum absolute atomic E-state index is 12.5. The van der Waals surface area contributed by atoms with Crippen molar-refractivity contribution < 1.29 is 34.2 Å². The Balaban J connectivity index is 5.20. The molecule has 0 fully saturated rings. The van der Waals surface area contributed by atoms with Crippen LogP contribution in [0.15, 0.2) is 0 Å². The Morgan fingerprint density at radius 1 is 0.966 bits per heavy atom. The largest absolute Gasteiger partial charge is 0.480 e. The fraction of sp³-hybridized carbons (Fsp3) is 0.706. The Kier molecular flexibility index (Phi) is 11.5. The summed E-state index contributed by atoms with van der Waals surface area (Å²) in [7, 11) is 0. The highest BCUT2D eigenvalue weighted by atomic mass is 16.4. The smallest absolute Gasteiger partial charge is 0.322 e. The van der Waals surface area contributed by atoms with E-state index < -0.39 is 60.4 Å². The Labute approximate surface area is 168 Å². The van der Waals surface area contributed by atoms with Gasteiger partial charge in [0.05, 0.1) is 12.1 Å². The molecule has 0 aromatic carbocycles. The molecule has 12 nitrogen and oxygen atoms in total. The van der Waals surface area contributed by atoms with Gasteiger partial charge >= 0.3 is 5.97 Å². The van der Waals surface area contributed by atoms with Crippen LogP contribution in [0, 0.1) is 5.92 Å². The molecule has 9 N–H and O–H groups in total. The quantitative estimate of drug-likeness (QED) is 0.165. The lowest BCUT2D eigenvalue weighted by atomic mass is 10.0. The summed E-state index contributed by atoms with van der Waals surface area (Å²) in [4.78, 5) is 58.4. The summed E-state index contributed by atoms with van der Waals surface area (Å²) in [6, 6.07) is -3.60. The van der Waals surface area contributed by atoms with Crippen LogP contribution in [0.5, 0.6) is 0 Å². The molecule has 0 aromatic heterocycles. The predicted molar refractivity (Wildman–Crippen MR) is 102 cm³/mol. The highest BCUT2D eigenvalue weighted by Gasteiger charge is 2.31. The molecule has 0 heterocycles. The van der Waals surface area contributed by atoms with Crippen LogP contribution in [0.25, 0.3) is 0 Å². The monoisotopic (exact) mass is 417 g/mol. The van der Waals surface area contributed by atoms with Gasteiger partial charge in [0.15, 0.2) is 0 Å². The van der Waals surface area contributed by atoms with Crippen LogP contribution in [0.1, 0.15) is 40.0 Å². The van der Waals surface area contributed by atoms with Gasteiger partial charge in [-0.3, -0.25) is 24.0 Å². The zero-order valence-electron chi connectivity index (χ0n) is 16.8. The maximum Gasteiger partial charge on any atom is 0.322 e. The van der Waals surface area contributed by atoms with Gasteiger partial charge in [0.25, 0.3) is 0 Å². The lowest BCUT2D eigenvalue weighted by Gasteiger charge is -2.25. The van der Waals surface area contributed by atoms with Crippen molar-refractivity contribution in [1.82, 2.24) is 16.0 Å². The first kappa shape index (κ1) is 26.3. The van der Waals surface area contributed by atoms with Gasteiger partial charge in [-0.15, -0.1) is 0 Å². The van der Waals surface area contributed by atoms with Crippen molar-refractivity contribution in [3.05, 3.63) is 0 Å². The number of rotatable bonds is 13. The molecule has 12 heteroatoms. The molecule has 0 saturated heterocycles. The Morgan fingerprint density at radius 3 is 2.00 bits per heavy atom.